The van der Waals surface area contributed by atoms with Crippen LogP contribution in [0.25, 0.3) is 0 Å². The Morgan fingerprint density at radius 1 is 1.47 bits per heavy atom. The van der Waals surface area contributed by atoms with Crippen LogP contribution in [0.5, 0.6) is 0 Å². The largest absolute Gasteiger partial charge is 0.477 e. The Balaban J connectivity index is 2.03. The van der Waals surface area contributed by atoms with Crippen molar-refractivity contribution in [2.75, 3.05) is 13.1 Å². The molecule has 0 saturated carbocycles. The Morgan fingerprint density at radius 3 is 2.79 bits per heavy atom. The molecule has 4 heteroatoms. The van der Waals surface area contributed by atoms with Gasteiger partial charge >= 0.3 is 5.97 Å². The summed E-state index contributed by atoms with van der Waals surface area (Å²) < 4.78 is 0. The van der Waals surface area contributed by atoms with Crippen LogP contribution in [0.3, 0.4) is 0 Å². The molecule has 4 nitrogen and oxygen atoms in total. The quantitative estimate of drug-likeness (QED) is 0.886. The lowest BCUT2D eigenvalue weighted by Crippen LogP contribution is -2.26. The van der Waals surface area contributed by atoms with Gasteiger partial charge in [-0.05, 0) is 48.9 Å². The fourth-order valence-corrected chi connectivity index (χ4v) is 2.94. The summed E-state index contributed by atoms with van der Waals surface area (Å²) >= 11 is 0. The van der Waals surface area contributed by atoms with Crippen LogP contribution in [0.2, 0.25) is 0 Å². The molecule has 1 saturated heterocycles. The van der Waals surface area contributed by atoms with Crippen molar-refractivity contribution in [3.05, 3.63) is 29.6 Å². The lowest BCUT2D eigenvalue weighted by atomic mass is 9.82. The smallest absolute Gasteiger partial charge is 0.354 e. The zero-order valence-corrected chi connectivity index (χ0v) is 11.7. The molecular formula is C15H22N2O2. The van der Waals surface area contributed by atoms with Gasteiger partial charge in [0.15, 0.2) is 0 Å². The third-order valence-corrected chi connectivity index (χ3v) is 4.47. The van der Waals surface area contributed by atoms with Gasteiger partial charge in [0.1, 0.15) is 5.69 Å². The van der Waals surface area contributed by atoms with Crippen LogP contribution in [0.1, 0.15) is 49.2 Å². The summed E-state index contributed by atoms with van der Waals surface area (Å²) in [5, 5.41) is 8.95. The third-order valence-electron chi connectivity index (χ3n) is 4.47. The van der Waals surface area contributed by atoms with E-state index in [9.17, 15) is 4.79 Å². The predicted octanol–water partition coefficient (Wildman–Crippen LogP) is 2.79. The number of rotatable bonds is 5. The molecule has 1 N–H and O–H groups in total. The van der Waals surface area contributed by atoms with Gasteiger partial charge in [-0.15, -0.1) is 0 Å². The van der Waals surface area contributed by atoms with Crippen LogP contribution in [-0.4, -0.2) is 34.0 Å². The summed E-state index contributed by atoms with van der Waals surface area (Å²) in [5.41, 5.74) is 1.63. The van der Waals surface area contributed by atoms with E-state index in [0.717, 1.165) is 25.2 Å². The molecule has 0 bridgehead atoms. The number of carbonyl (C=O) groups is 1. The molecule has 19 heavy (non-hydrogen) atoms. The van der Waals surface area contributed by atoms with Gasteiger partial charge < -0.3 is 5.11 Å². The number of hydrogen-bond donors (Lipinski definition) is 1. The Labute approximate surface area is 114 Å². The highest BCUT2D eigenvalue weighted by Gasteiger charge is 2.34. The van der Waals surface area contributed by atoms with Crippen molar-refractivity contribution in [3.63, 3.8) is 0 Å². The number of carboxylic acids is 1. The fraction of sp³-hybridized carbons (Fsp3) is 0.600. The van der Waals surface area contributed by atoms with E-state index in [1.807, 2.05) is 6.07 Å². The van der Waals surface area contributed by atoms with E-state index in [0.29, 0.717) is 5.41 Å². The molecule has 0 aromatic carbocycles. The highest BCUT2D eigenvalue weighted by atomic mass is 16.4. The second kappa shape index (κ2) is 5.70. The van der Waals surface area contributed by atoms with Crippen LogP contribution in [0.15, 0.2) is 18.3 Å². The van der Waals surface area contributed by atoms with E-state index >= 15 is 0 Å². The van der Waals surface area contributed by atoms with Crippen LogP contribution in [0, 0.1) is 5.41 Å². The van der Waals surface area contributed by atoms with Crippen molar-refractivity contribution in [3.8, 4) is 0 Å². The van der Waals surface area contributed by atoms with Gasteiger partial charge in [-0.1, -0.05) is 13.8 Å². The lowest BCUT2D eigenvalue weighted by molar-refractivity contribution is 0.0690. The highest BCUT2D eigenvalue weighted by molar-refractivity contribution is 5.85. The Hall–Kier alpha value is -1.42. The minimum atomic E-state index is -0.959. The summed E-state index contributed by atoms with van der Waals surface area (Å²) in [6, 6.07) is 3.59. The minimum Gasteiger partial charge on any atom is -0.477 e. The minimum absolute atomic E-state index is 0.133. The molecule has 1 aliphatic rings. The van der Waals surface area contributed by atoms with Gasteiger partial charge in [0.25, 0.3) is 0 Å². The molecule has 1 aromatic heterocycles. The van der Waals surface area contributed by atoms with Gasteiger partial charge in [0.05, 0.1) is 0 Å². The van der Waals surface area contributed by atoms with Crippen molar-refractivity contribution < 1.29 is 9.90 Å². The molecule has 0 amide bonds. The molecule has 1 fully saturated rings. The third kappa shape index (κ3) is 3.13. The average Bonchev–Trinajstić information content (AvgIpc) is 2.83. The molecule has 0 radical (unpaired) electrons. The molecule has 0 aliphatic carbocycles. The Morgan fingerprint density at radius 2 is 2.21 bits per heavy atom. The second-order valence-electron chi connectivity index (χ2n) is 5.52. The first-order chi connectivity index (χ1) is 9.08. The predicted molar refractivity (Wildman–Crippen MR) is 74.1 cm³/mol. The van der Waals surface area contributed by atoms with E-state index in [1.165, 1.54) is 19.3 Å². The molecule has 0 unspecified atom stereocenters. The zero-order valence-electron chi connectivity index (χ0n) is 11.7. The van der Waals surface area contributed by atoms with Crippen molar-refractivity contribution in [1.29, 1.82) is 0 Å². The maximum Gasteiger partial charge on any atom is 0.354 e. The normalized spacial score (nSPS) is 18.6. The Kier molecular flexibility index (Phi) is 4.20. The topological polar surface area (TPSA) is 53.4 Å². The van der Waals surface area contributed by atoms with Gasteiger partial charge in [-0.3, -0.25) is 4.90 Å². The average molecular weight is 262 g/mol. The van der Waals surface area contributed by atoms with Gasteiger partial charge in [-0.2, -0.15) is 0 Å². The van der Waals surface area contributed by atoms with Crippen LogP contribution < -0.4 is 0 Å². The van der Waals surface area contributed by atoms with Crippen LogP contribution in [0.4, 0.5) is 0 Å². The molecule has 0 atom stereocenters. The number of carboxylic acid groups (broad SMARTS) is 1. The molecule has 104 valence electrons. The molecule has 2 rings (SSSR count). The highest BCUT2D eigenvalue weighted by Crippen LogP contribution is 2.37. The summed E-state index contributed by atoms with van der Waals surface area (Å²) in [6.07, 6.45) is 5.27. The van der Waals surface area contributed by atoms with Crippen molar-refractivity contribution in [2.24, 2.45) is 5.41 Å². The molecule has 0 spiro atoms. The van der Waals surface area contributed by atoms with Gasteiger partial charge in [-0.25, -0.2) is 9.78 Å². The second-order valence-corrected chi connectivity index (χ2v) is 5.52. The first-order valence-corrected chi connectivity index (χ1v) is 6.99. The SMILES string of the molecule is CCC1(CC)CCN(Cc2ccnc(C(=O)O)c2)C1. The number of nitrogens with zero attached hydrogens (tertiary/aromatic N) is 2. The number of likely N-dealkylation sites (tertiary alicyclic amines) is 1. The van der Waals surface area contributed by atoms with E-state index in [4.69, 9.17) is 5.11 Å². The lowest BCUT2D eigenvalue weighted by Gasteiger charge is -2.26. The monoisotopic (exact) mass is 262 g/mol. The van der Waals surface area contributed by atoms with Gasteiger partial charge in [0.2, 0.25) is 0 Å². The summed E-state index contributed by atoms with van der Waals surface area (Å²) in [4.78, 5) is 17.2. The van der Waals surface area contributed by atoms with Gasteiger partial charge in [0, 0.05) is 19.3 Å². The summed E-state index contributed by atoms with van der Waals surface area (Å²) in [6.45, 7) is 7.58. The van der Waals surface area contributed by atoms with Crippen molar-refractivity contribution in [2.45, 2.75) is 39.7 Å². The number of hydrogen-bond acceptors (Lipinski definition) is 3. The first-order valence-electron chi connectivity index (χ1n) is 6.99. The first kappa shape index (κ1) is 14.0. The van der Waals surface area contributed by atoms with E-state index in [-0.39, 0.29) is 5.69 Å². The maximum absolute atomic E-state index is 10.9. The zero-order chi connectivity index (χ0) is 13.9. The standard InChI is InChI=1S/C15H22N2O2/c1-3-15(4-2)6-8-17(11-15)10-12-5-7-16-13(9-12)14(18)19/h5,7,9H,3-4,6,8,10-11H2,1-2H3,(H,18,19). The molecule has 2 heterocycles. The number of aromatic nitrogens is 1. The Bertz CT molecular complexity index is 455. The van der Waals surface area contributed by atoms with E-state index in [2.05, 4.69) is 23.7 Å². The van der Waals surface area contributed by atoms with Crippen LogP contribution in [-0.2, 0) is 6.54 Å². The molecule has 1 aliphatic heterocycles. The molecular weight excluding hydrogens is 240 g/mol. The van der Waals surface area contributed by atoms with Crippen molar-refractivity contribution >= 4 is 5.97 Å². The van der Waals surface area contributed by atoms with Crippen LogP contribution >= 0.6 is 0 Å². The maximum atomic E-state index is 10.9. The van der Waals surface area contributed by atoms with Crippen molar-refractivity contribution in [1.82, 2.24) is 9.88 Å². The molecule has 1 aromatic rings. The number of aromatic carboxylic acids is 1. The number of pyridine rings is 1. The summed E-state index contributed by atoms with van der Waals surface area (Å²) in [7, 11) is 0. The summed E-state index contributed by atoms with van der Waals surface area (Å²) in [5.74, 6) is -0.959. The van der Waals surface area contributed by atoms with E-state index < -0.39 is 5.97 Å². The fourth-order valence-electron chi connectivity index (χ4n) is 2.94. The van der Waals surface area contributed by atoms with E-state index in [1.54, 1.807) is 12.3 Å².